The van der Waals surface area contributed by atoms with Crippen LogP contribution in [-0.2, 0) is 6.54 Å². The van der Waals surface area contributed by atoms with Gasteiger partial charge in [-0.1, -0.05) is 19.1 Å². The molecule has 1 aromatic rings. The van der Waals surface area contributed by atoms with Crippen molar-refractivity contribution in [2.75, 3.05) is 19.8 Å². The van der Waals surface area contributed by atoms with Gasteiger partial charge < -0.3 is 20.3 Å². The van der Waals surface area contributed by atoms with Crippen LogP contribution in [0, 0.1) is 0 Å². The van der Waals surface area contributed by atoms with Gasteiger partial charge in [-0.25, -0.2) is 0 Å². The zero-order chi connectivity index (χ0) is 11.8. The molecule has 90 valence electrons. The van der Waals surface area contributed by atoms with Crippen molar-refractivity contribution in [2.24, 2.45) is 0 Å². The Kier molecular flexibility index (Phi) is 5.85. The lowest BCUT2D eigenvalue weighted by Gasteiger charge is -2.11. The van der Waals surface area contributed by atoms with Crippen LogP contribution in [0.4, 0.5) is 0 Å². The molecule has 0 bridgehead atoms. The first kappa shape index (κ1) is 13.0. The molecule has 1 rings (SSSR count). The topological polar surface area (TPSA) is 61.7 Å². The second kappa shape index (κ2) is 7.22. The first-order valence-electron chi connectivity index (χ1n) is 5.47. The molecule has 0 aliphatic heterocycles. The van der Waals surface area contributed by atoms with Crippen LogP contribution in [0.1, 0.15) is 12.5 Å². The summed E-state index contributed by atoms with van der Waals surface area (Å²) >= 11 is 0. The monoisotopic (exact) mass is 225 g/mol. The summed E-state index contributed by atoms with van der Waals surface area (Å²) in [6.07, 6.45) is -0.822. The minimum Gasteiger partial charge on any atom is -0.491 e. The standard InChI is InChI=1S/C12H19NO3/c1-2-13-7-10-4-3-5-12(6-10)16-9-11(15)8-14/h3-6,11,13-15H,2,7-9H2,1H3. The third kappa shape index (κ3) is 4.61. The average molecular weight is 225 g/mol. The van der Waals surface area contributed by atoms with Crippen LogP contribution < -0.4 is 10.1 Å². The highest BCUT2D eigenvalue weighted by molar-refractivity contribution is 5.28. The number of benzene rings is 1. The van der Waals surface area contributed by atoms with Crippen LogP contribution in [0.15, 0.2) is 24.3 Å². The Bertz CT molecular complexity index is 304. The second-order valence-electron chi connectivity index (χ2n) is 3.58. The van der Waals surface area contributed by atoms with E-state index in [4.69, 9.17) is 14.9 Å². The fourth-order valence-electron chi connectivity index (χ4n) is 1.26. The molecular weight excluding hydrogens is 206 g/mol. The maximum Gasteiger partial charge on any atom is 0.119 e. The summed E-state index contributed by atoms with van der Waals surface area (Å²) in [5.74, 6) is 0.711. The third-order valence-corrected chi connectivity index (χ3v) is 2.13. The van der Waals surface area contributed by atoms with Crippen molar-refractivity contribution in [1.29, 1.82) is 0 Å². The highest BCUT2D eigenvalue weighted by Crippen LogP contribution is 2.13. The van der Waals surface area contributed by atoms with Crippen molar-refractivity contribution in [2.45, 2.75) is 19.6 Å². The van der Waals surface area contributed by atoms with Crippen molar-refractivity contribution in [3.63, 3.8) is 0 Å². The van der Waals surface area contributed by atoms with Crippen molar-refractivity contribution in [3.8, 4) is 5.75 Å². The van der Waals surface area contributed by atoms with E-state index in [0.717, 1.165) is 18.7 Å². The van der Waals surface area contributed by atoms with Gasteiger partial charge in [0.1, 0.15) is 18.5 Å². The Morgan fingerprint density at radius 1 is 1.44 bits per heavy atom. The number of ether oxygens (including phenoxy) is 1. The molecule has 0 amide bonds. The van der Waals surface area contributed by atoms with Crippen LogP contribution in [0.5, 0.6) is 5.75 Å². The average Bonchev–Trinajstić information content (AvgIpc) is 2.34. The van der Waals surface area contributed by atoms with E-state index in [2.05, 4.69) is 12.2 Å². The predicted octanol–water partition coefficient (Wildman–Crippen LogP) is 0.528. The van der Waals surface area contributed by atoms with Gasteiger partial charge in [0, 0.05) is 6.54 Å². The van der Waals surface area contributed by atoms with Gasteiger partial charge in [0.05, 0.1) is 6.61 Å². The summed E-state index contributed by atoms with van der Waals surface area (Å²) in [4.78, 5) is 0. The molecule has 0 saturated carbocycles. The third-order valence-electron chi connectivity index (χ3n) is 2.13. The van der Waals surface area contributed by atoms with Crippen molar-refractivity contribution < 1.29 is 14.9 Å². The lowest BCUT2D eigenvalue weighted by molar-refractivity contribution is 0.0536. The lowest BCUT2D eigenvalue weighted by atomic mass is 10.2. The molecule has 0 saturated heterocycles. The van der Waals surface area contributed by atoms with Gasteiger partial charge in [-0.3, -0.25) is 0 Å². The van der Waals surface area contributed by atoms with Gasteiger partial charge >= 0.3 is 0 Å². The Labute approximate surface area is 95.9 Å². The number of hydrogen-bond donors (Lipinski definition) is 3. The van der Waals surface area contributed by atoms with Gasteiger partial charge in [0.25, 0.3) is 0 Å². The molecule has 0 aliphatic carbocycles. The summed E-state index contributed by atoms with van der Waals surface area (Å²) in [5, 5.41) is 21.0. The fraction of sp³-hybridized carbons (Fsp3) is 0.500. The maximum absolute atomic E-state index is 9.14. The molecule has 16 heavy (non-hydrogen) atoms. The Hall–Kier alpha value is -1.10. The molecule has 1 unspecified atom stereocenters. The van der Waals surface area contributed by atoms with E-state index < -0.39 is 6.10 Å². The molecule has 1 atom stereocenters. The van der Waals surface area contributed by atoms with Crippen molar-refractivity contribution >= 4 is 0 Å². The lowest BCUT2D eigenvalue weighted by Crippen LogP contribution is -2.21. The quantitative estimate of drug-likeness (QED) is 0.633. The van der Waals surface area contributed by atoms with Crippen molar-refractivity contribution in [3.05, 3.63) is 29.8 Å². The molecule has 3 N–H and O–H groups in total. The number of aliphatic hydroxyl groups is 2. The largest absolute Gasteiger partial charge is 0.491 e. The van der Waals surface area contributed by atoms with E-state index in [9.17, 15) is 0 Å². The SMILES string of the molecule is CCNCc1cccc(OCC(O)CO)c1. The van der Waals surface area contributed by atoms with Crippen LogP contribution >= 0.6 is 0 Å². The second-order valence-corrected chi connectivity index (χ2v) is 3.58. The van der Waals surface area contributed by atoms with Gasteiger partial charge in [0.15, 0.2) is 0 Å². The molecule has 1 aromatic carbocycles. The van der Waals surface area contributed by atoms with E-state index in [0.29, 0.717) is 5.75 Å². The summed E-state index contributed by atoms with van der Waals surface area (Å²) in [7, 11) is 0. The molecule has 0 heterocycles. The van der Waals surface area contributed by atoms with E-state index in [1.807, 2.05) is 24.3 Å². The zero-order valence-electron chi connectivity index (χ0n) is 9.52. The van der Waals surface area contributed by atoms with Gasteiger partial charge in [-0.2, -0.15) is 0 Å². The Morgan fingerprint density at radius 2 is 2.25 bits per heavy atom. The summed E-state index contributed by atoms with van der Waals surface area (Å²) in [6, 6.07) is 7.68. The number of nitrogens with one attached hydrogen (secondary N) is 1. The highest BCUT2D eigenvalue weighted by Gasteiger charge is 2.03. The van der Waals surface area contributed by atoms with Crippen molar-refractivity contribution in [1.82, 2.24) is 5.32 Å². The number of aliphatic hydroxyl groups excluding tert-OH is 2. The van der Waals surface area contributed by atoms with Crippen LogP contribution in [0.2, 0.25) is 0 Å². The normalized spacial score (nSPS) is 12.4. The first-order chi connectivity index (χ1) is 7.76. The molecule has 0 aliphatic rings. The molecule has 0 aromatic heterocycles. The Morgan fingerprint density at radius 3 is 2.94 bits per heavy atom. The van der Waals surface area contributed by atoms with E-state index in [1.54, 1.807) is 0 Å². The Balaban J connectivity index is 2.46. The smallest absolute Gasteiger partial charge is 0.119 e. The fourth-order valence-corrected chi connectivity index (χ4v) is 1.26. The minimum absolute atomic E-state index is 0.112. The van der Waals surface area contributed by atoms with Crippen LogP contribution in [-0.4, -0.2) is 36.1 Å². The zero-order valence-corrected chi connectivity index (χ0v) is 9.52. The van der Waals surface area contributed by atoms with Crippen LogP contribution in [0.25, 0.3) is 0 Å². The molecule has 4 heteroatoms. The summed E-state index contributed by atoms with van der Waals surface area (Å²) < 4.78 is 5.34. The number of rotatable bonds is 7. The number of hydrogen-bond acceptors (Lipinski definition) is 4. The minimum atomic E-state index is -0.822. The maximum atomic E-state index is 9.14. The first-order valence-corrected chi connectivity index (χ1v) is 5.47. The summed E-state index contributed by atoms with van der Waals surface area (Å²) in [5.41, 5.74) is 1.14. The summed E-state index contributed by atoms with van der Waals surface area (Å²) in [6.45, 7) is 3.61. The van der Waals surface area contributed by atoms with Gasteiger partial charge in [-0.15, -0.1) is 0 Å². The van der Waals surface area contributed by atoms with E-state index in [-0.39, 0.29) is 13.2 Å². The van der Waals surface area contributed by atoms with Gasteiger partial charge in [0.2, 0.25) is 0 Å². The van der Waals surface area contributed by atoms with Gasteiger partial charge in [-0.05, 0) is 24.2 Å². The molecule has 0 fully saturated rings. The highest BCUT2D eigenvalue weighted by atomic mass is 16.5. The van der Waals surface area contributed by atoms with Crippen LogP contribution in [0.3, 0.4) is 0 Å². The molecule has 0 radical (unpaired) electrons. The van der Waals surface area contributed by atoms with E-state index >= 15 is 0 Å². The molecule has 0 spiro atoms. The predicted molar refractivity (Wildman–Crippen MR) is 62.4 cm³/mol. The van der Waals surface area contributed by atoms with E-state index in [1.165, 1.54) is 0 Å². The molecular formula is C12H19NO3. The molecule has 4 nitrogen and oxygen atoms in total.